The van der Waals surface area contributed by atoms with E-state index in [0.717, 1.165) is 25.3 Å². The maximum absolute atomic E-state index is 11.6. The summed E-state index contributed by atoms with van der Waals surface area (Å²) >= 11 is 0. The zero-order valence-corrected chi connectivity index (χ0v) is 13.8. The molecule has 0 spiro atoms. The molecule has 0 aromatic rings. The van der Waals surface area contributed by atoms with E-state index in [-0.39, 0.29) is 0 Å². The smallest absolute Gasteiger partial charge is 0.192 e. The van der Waals surface area contributed by atoms with Crippen LogP contribution in [0.4, 0.5) is 0 Å². The summed E-state index contributed by atoms with van der Waals surface area (Å²) in [6.45, 7) is 2.22. The van der Waals surface area contributed by atoms with Crippen molar-refractivity contribution in [1.82, 2.24) is 0 Å². The fraction of sp³-hybridized carbons (Fsp3) is 0.833. The van der Waals surface area contributed by atoms with E-state index in [9.17, 15) is 20.1 Å². The summed E-state index contributed by atoms with van der Waals surface area (Å²) in [6, 6.07) is 0. The molecule has 3 N–H and O–H groups in total. The largest absolute Gasteiger partial charge is 0.390 e. The maximum Gasteiger partial charge on any atom is 0.192 e. The summed E-state index contributed by atoms with van der Waals surface area (Å²) < 4.78 is 0. The van der Waals surface area contributed by atoms with Gasteiger partial charge in [-0.3, -0.25) is 4.79 Å². The van der Waals surface area contributed by atoms with Crippen LogP contribution < -0.4 is 0 Å². The van der Waals surface area contributed by atoms with Crippen molar-refractivity contribution >= 4 is 5.78 Å². The second-order valence-corrected chi connectivity index (χ2v) is 6.48. The van der Waals surface area contributed by atoms with Crippen LogP contribution in [0.2, 0.25) is 0 Å². The van der Waals surface area contributed by atoms with Crippen LogP contribution in [0.1, 0.15) is 77.6 Å². The van der Waals surface area contributed by atoms with Crippen LogP contribution in [0, 0.1) is 0 Å². The van der Waals surface area contributed by atoms with Crippen LogP contribution >= 0.6 is 0 Å². The van der Waals surface area contributed by atoms with Crippen LogP contribution in [0.3, 0.4) is 0 Å². The molecule has 22 heavy (non-hydrogen) atoms. The van der Waals surface area contributed by atoms with Crippen LogP contribution in [0.25, 0.3) is 0 Å². The Morgan fingerprint density at radius 1 is 1.05 bits per heavy atom. The zero-order valence-electron chi connectivity index (χ0n) is 13.8. The first-order chi connectivity index (χ1) is 10.5. The van der Waals surface area contributed by atoms with Gasteiger partial charge in [0, 0.05) is 0 Å². The van der Waals surface area contributed by atoms with Gasteiger partial charge in [0.05, 0.1) is 6.10 Å². The molecule has 4 nitrogen and oxygen atoms in total. The van der Waals surface area contributed by atoms with Crippen molar-refractivity contribution in [3.05, 3.63) is 12.2 Å². The number of carbonyl (C=O) groups excluding carboxylic acids is 1. The molecule has 0 radical (unpaired) electrons. The van der Waals surface area contributed by atoms with E-state index in [1.54, 1.807) is 0 Å². The molecule has 1 unspecified atom stereocenters. The average molecular weight is 312 g/mol. The Labute approximate surface area is 134 Å². The fourth-order valence-electron chi connectivity index (χ4n) is 3.01. The minimum absolute atomic E-state index is 0.345. The first kappa shape index (κ1) is 19.3. The summed E-state index contributed by atoms with van der Waals surface area (Å²) in [5.74, 6) is -0.598. The predicted octanol–water partition coefficient (Wildman–Crippen LogP) is 2.89. The summed E-state index contributed by atoms with van der Waals surface area (Å²) in [4.78, 5) is 11.6. The molecule has 0 saturated heterocycles. The molecule has 1 aliphatic carbocycles. The van der Waals surface area contributed by atoms with Gasteiger partial charge in [-0.25, -0.2) is 0 Å². The summed E-state index contributed by atoms with van der Waals surface area (Å²) in [7, 11) is 0. The van der Waals surface area contributed by atoms with Crippen LogP contribution in [-0.2, 0) is 4.79 Å². The number of rotatable bonds is 12. The van der Waals surface area contributed by atoms with E-state index in [2.05, 4.69) is 6.92 Å². The topological polar surface area (TPSA) is 77.8 Å². The van der Waals surface area contributed by atoms with E-state index in [4.69, 9.17) is 0 Å². The van der Waals surface area contributed by atoms with Crippen LogP contribution in [-0.4, -0.2) is 38.9 Å². The highest BCUT2D eigenvalue weighted by Crippen LogP contribution is 2.27. The third-order valence-corrected chi connectivity index (χ3v) is 4.61. The van der Waals surface area contributed by atoms with Gasteiger partial charge in [0.15, 0.2) is 11.4 Å². The SMILES string of the molecule is CCCCCCCCCCCCC(O)[C@@]1(O)C(=O)C=C[C@H]1O. The third kappa shape index (κ3) is 5.49. The van der Waals surface area contributed by atoms with Gasteiger partial charge >= 0.3 is 0 Å². The molecular weight excluding hydrogens is 280 g/mol. The minimum atomic E-state index is -2.03. The first-order valence-electron chi connectivity index (χ1n) is 8.84. The number of ketones is 1. The normalized spacial score (nSPS) is 25.8. The molecule has 0 aliphatic heterocycles. The minimum Gasteiger partial charge on any atom is -0.390 e. The van der Waals surface area contributed by atoms with Gasteiger partial charge in [0.25, 0.3) is 0 Å². The van der Waals surface area contributed by atoms with Crippen molar-refractivity contribution in [3.8, 4) is 0 Å². The van der Waals surface area contributed by atoms with E-state index >= 15 is 0 Å². The second kappa shape index (κ2) is 10.1. The van der Waals surface area contributed by atoms with Crippen LogP contribution in [0.15, 0.2) is 12.2 Å². The summed E-state index contributed by atoms with van der Waals surface area (Å²) in [5.41, 5.74) is -2.03. The molecule has 0 amide bonds. The molecule has 128 valence electrons. The van der Waals surface area contributed by atoms with Crippen molar-refractivity contribution in [2.75, 3.05) is 0 Å². The number of hydrogen-bond acceptors (Lipinski definition) is 4. The molecule has 0 fully saturated rings. The van der Waals surface area contributed by atoms with Crippen molar-refractivity contribution in [2.45, 2.75) is 95.4 Å². The van der Waals surface area contributed by atoms with Gasteiger partial charge in [-0.1, -0.05) is 71.1 Å². The maximum atomic E-state index is 11.6. The van der Waals surface area contributed by atoms with Crippen molar-refractivity contribution in [2.24, 2.45) is 0 Å². The van der Waals surface area contributed by atoms with Crippen molar-refractivity contribution in [1.29, 1.82) is 0 Å². The number of unbranched alkanes of at least 4 members (excludes halogenated alkanes) is 9. The Morgan fingerprint density at radius 2 is 1.55 bits per heavy atom. The molecule has 1 rings (SSSR count). The molecule has 3 atom stereocenters. The molecule has 0 bridgehead atoms. The van der Waals surface area contributed by atoms with Crippen molar-refractivity contribution in [3.63, 3.8) is 0 Å². The molecule has 0 aromatic heterocycles. The fourth-order valence-corrected chi connectivity index (χ4v) is 3.01. The first-order valence-corrected chi connectivity index (χ1v) is 8.84. The Hall–Kier alpha value is -0.710. The van der Waals surface area contributed by atoms with Gasteiger partial charge < -0.3 is 15.3 Å². The third-order valence-electron chi connectivity index (χ3n) is 4.61. The standard InChI is InChI=1S/C18H32O4/c1-2-3-4-5-6-7-8-9-10-11-12-15(19)18(22)16(20)13-14-17(18)21/h13-16,19-20,22H,2-12H2,1H3/t15?,16-,18+/m1/s1. The lowest BCUT2D eigenvalue weighted by Crippen LogP contribution is -2.54. The molecule has 0 aromatic carbocycles. The Balaban J connectivity index is 2.04. The molecule has 0 heterocycles. The summed E-state index contributed by atoms with van der Waals surface area (Å²) in [6.07, 6.45) is 12.2. The van der Waals surface area contributed by atoms with Gasteiger partial charge in [-0.05, 0) is 18.6 Å². The number of carbonyl (C=O) groups is 1. The Bertz CT molecular complexity index is 353. The van der Waals surface area contributed by atoms with Crippen molar-refractivity contribution < 1.29 is 20.1 Å². The van der Waals surface area contributed by atoms with E-state index < -0.39 is 23.6 Å². The molecule has 0 saturated carbocycles. The zero-order chi connectivity index (χ0) is 16.4. The number of aliphatic hydroxyl groups is 3. The lowest BCUT2D eigenvalue weighted by Gasteiger charge is -2.30. The highest BCUT2D eigenvalue weighted by molar-refractivity contribution is 6.00. The van der Waals surface area contributed by atoms with Gasteiger partial charge in [-0.15, -0.1) is 0 Å². The quantitative estimate of drug-likeness (QED) is 0.484. The van der Waals surface area contributed by atoms with Gasteiger partial charge in [-0.2, -0.15) is 0 Å². The van der Waals surface area contributed by atoms with Gasteiger partial charge in [0.2, 0.25) is 0 Å². The lowest BCUT2D eigenvalue weighted by molar-refractivity contribution is -0.158. The second-order valence-electron chi connectivity index (χ2n) is 6.48. The molecular formula is C18H32O4. The number of hydrogen-bond donors (Lipinski definition) is 3. The predicted molar refractivity (Wildman–Crippen MR) is 87.6 cm³/mol. The summed E-state index contributed by atoms with van der Waals surface area (Å²) in [5, 5.41) is 29.8. The van der Waals surface area contributed by atoms with Crippen LogP contribution in [0.5, 0.6) is 0 Å². The van der Waals surface area contributed by atoms with Gasteiger partial charge in [0.1, 0.15) is 6.10 Å². The molecule has 1 aliphatic rings. The highest BCUT2D eigenvalue weighted by atomic mass is 16.4. The Kier molecular flexibility index (Phi) is 8.91. The number of aliphatic hydroxyl groups excluding tert-OH is 2. The average Bonchev–Trinajstić information content (AvgIpc) is 2.77. The molecule has 4 heteroatoms. The highest BCUT2D eigenvalue weighted by Gasteiger charge is 2.50. The lowest BCUT2D eigenvalue weighted by atomic mass is 9.87. The van der Waals surface area contributed by atoms with E-state index in [1.165, 1.54) is 51.0 Å². The van der Waals surface area contributed by atoms with E-state index in [0.29, 0.717) is 6.42 Å². The van der Waals surface area contributed by atoms with E-state index in [1.807, 2.05) is 0 Å². The monoisotopic (exact) mass is 312 g/mol. The Morgan fingerprint density at radius 3 is 2.00 bits per heavy atom.